The lowest BCUT2D eigenvalue weighted by Gasteiger charge is -2.13. The maximum absolute atomic E-state index is 13.1. The van der Waals surface area contributed by atoms with Crippen molar-refractivity contribution in [1.82, 2.24) is 0 Å². The maximum Gasteiger partial charge on any atom is 0.146 e. The van der Waals surface area contributed by atoms with Crippen LogP contribution >= 0.6 is 0 Å². The third-order valence-electron chi connectivity index (χ3n) is 2.75. The van der Waals surface area contributed by atoms with E-state index in [-0.39, 0.29) is 5.69 Å². The van der Waals surface area contributed by atoms with Gasteiger partial charge in [0, 0.05) is 0 Å². The second-order valence-electron chi connectivity index (χ2n) is 4.00. The van der Waals surface area contributed by atoms with Crippen LogP contribution in [0.5, 0.6) is 0 Å². The van der Waals surface area contributed by atoms with E-state index in [1.807, 2.05) is 6.07 Å². The molecule has 3 nitrogen and oxygen atoms in total. The SMILES string of the molecule is N#Cc1cccc([C@@H](N)c2ccc(F)c(N)c2)c1. The highest BCUT2D eigenvalue weighted by molar-refractivity contribution is 5.46. The second kappa shape index (κ2) is 4.86. The molecule has 0 spiro atoms. The van der Waals surface area contributed by atoms with Gasteiger partial charge in [0.2, 0.25) is 0 Å². The van der Waals surface area contributed by atoms with Gasteiger partial charge < -0.3 is 11.5 Å². The van der Waals surface area contributed by atoms with E-state index in [0.29, 0.717) is 11.1 Å². The Morgan fingerprint density at radius 3 is 2.50 bits per heavy atom. The molecule has 1 atom stereocenters. The fraction of sp³-hybridized carbons (Fsp3) is 0.0714. The highest BCUT2D eigenvalue weighted by Crippen LogP contribution is 2.23. The maximum atomic E-state index is 13.1. The van der Waals surface area contributed by atoms with Crippen molar-refractivity contribution in [1.29, 1.82) is 5.26 Å². The Balaban J connectivity index is 2.38. The summed E-state index contributed by atoms with van der Waals surface area (Å²) in [7, 11) is 0. The summed E-state index contributed by atoms with van der Waals surface area (Å²) in [6.07, 6.45) is 0. The summed E-state index contributed by atoms with van der Waals surface area (Å²) in [6, 6.07) is 13.0. The third kappa shape index (κ3) is 2.31. The van der Waals surface area contributed by atoms with Gasteiger partial charge in [-0.3, -0.25) is 0 Å². The van der Waals surface area contributed by atoms with Gasteiger partial charge in [0.25, 0.3) is 0 Å². The molecular weight excluding hydrogens is 229 g/mol. The summed E-state index contributed by atoms with van der Waals surface area (Å²) in [5.41, 5.74) is 13.7. The Kier molecular flexibility index (Phi) is 3.26. The fourth-order valence-electron chi connectivity index (χ4n) is 1.75. The zero-order valence-corrected chi connectivity index (χ0v) is 9.60. The van der Waals surface area contributed by atoms with Gasteiger partial charge in [0.05, 0.1) is 23.4 Å². The Bertz CT molecular complexity index is 617. The number of halogens is 1. The molecule has 18 heavy (non-hydrogen) atoms. The lowest BCUT2D eigenvalue weighted by atomic mass is 9.98. The molecule has 0 unspecified atom stereocenters. The largest absolute Gasteiger partial charge is 0.396 e. The predicted molar refractivity (Wildman–Crippen MR) is 68.0 cm³/mol. The van der Waals surface area contributed by atoms with Gasteiger partial charge in [-0.2, -0.15) is 5.26 Å². The van der Waals surface area contributed by atoms with Crippen LogP contribution in [-0.4, -0.2) is 0 Å². The van der Waals surface area contributed by atoms with Crippen LogP contribution in [0.3, 0.4) is 0 Å². The Hall–Kier alpha value is -2.38. The molecular formula is C14H12FN3. The molecule has 90 valence electrons. The lowest BCUT2D eigenvalue weighted by molar-refractivity contribution is 0.631. The molecule has 0 bridgehead atoms. The number of nitrogen functional groups attached to an aromatic ring is 1. The summed E-state index contributed by atoms with van der Waals surface area (Å²) in [4.78, 5) is 0. The predicted octanol–water partition coefficient (Wildman–Crippen LogP) is 2.33. The summed E-state index contributed by atoms with van der Waals surface area (Å²) >= 11 is 0. The number of rotatable bonds is 2. The van der Waals surface area contributed by atoms with Crippen molar-refractivity contribution in [2.24, 2.45) is 5.73 Å². The van der Waals surface area contributed by atoms with E-state index in [1.165, 1.54) is 12.1 Å². The van der Waals surface area contributed by atoms with Gasteiger partial charge in [-0.25, -0.2) is 4.39 Å². The normalized spacial score (nSPS) is 11.8. The summed E-state index contributed by atoms with van der Waals surface area (Å²) in [5, 5.41) is 8.83. The van der Waals surface area contributed by atoms with Crippen LogP contribution in [0.1, 0.15) is 22.7 Å². The average Bonchev–Trinajstić information content (AvgIpc) is 2.41. The highest BCUT2D eigenvalue weighted by atomic mass is 19.1. The number of hydrogen-bond donors (Lipinski definition) is 2. The topological polar surface area (TPSA) is 75.8 Å². The molecule has 0 saturated carbocycles. The van der Waals surface area contributed by atoms with Crippen molar-refractivity contribution < 1.29 is 4.39 Å². The number of nitrogens with zero attached hydrogens (tertiary/aromatic N) is 1. The first-order valence-electron chi connectivity index (χ1n) is 5.42. The molecule has 0 heterocycles. The lowest BCUT2D eigenvalue weighted by Crippen LogP contribution is -2.12. The molecule has 0 saturated heterocycles. The molecule has 0 radical (unpaired) electrons. The number of nitrogens with two attached hydrogens (primary N) is 2. The fourth-order valence-corrected chi connectivity index (χ4v) is 1.75. The van der Waals surface area contributed by atoms with Gasteiger partial charge in [0.15, 0.2) is 0 Å². The van der Waals surface area contributed by atoms with Crippen LogP contribution in [-0.2, 0) is 0 Å². The monoisotopic (exact) mass is 241 g/mol. The molecule has 2 aromatic carbocycles. The van der Waals surface area contributed by atoms with E-state index in [2.05, 4.69) is 6.07 Å². The highest BCUT2D eigenvalue weighted by Gasteiger charge is 2.11. The summed E-state index contributed by atoms with van der Waals surface area (Å²) in [6.45, 7) is 0. The van der Waals surface area contributed by atoms with E-state index in [4.69, 9.17) is 16.7 Å². The zero-order chi connectivity index (χ0) is 13.1. The minimum Gasteiger partial charge on any atom is -0.396 e. The van der Waals surface area contributed by atoms with Crippen LogP contribution < -0.4 is 11.5 Å². The molecule has 0 aliphatic heterocycles. The van der Waals surface area contributed by atoms with Gasteiger partial charge in [0.1, 0.15) is 5.82 Å². The van der Waals surface area contributed by atoms with E-state index >= 15 is 0 Å². The van der Waals surface area contributed by atoms with E-state index in [9.17, 15) is 4.39 Å². The van der Waals surface area contributed by atoms with Crippen LogP contribution in [0.15, 0.2) is 42.5 Å². The summed E-state index contributed by atoms with van der Waals surface area (Å²) in [5.74, 6) is -0.461. The Morgan fingerprint density at radius 2 is 1.83 bits per heavy atom. The van der Waals surface area contributed by atoms with Gasteiger partial charge >= 0.3 is 0 Å². The van der Waals surface area contributed by atoms with Crippen molar-refractivity contribution in [2.75, 3.05) is 5.73 Å². The summed E-state index contributed by atoms with van der Waals surface area (Å²) < 4.78 is 13.1. The van der Waals surface area contributed by atoms with Crippen LogP contribution in [0.25, 0.3) is 0 Å². The van der Waals surface area contributed by atoms with E-state index < -0.39 is 11.9 Å². The minimum atomic E-state index is -0.461. The first kappa shape index (κ1) is 12.1. The molecule has 4 heteroatoms. The van der Waals surface area contributed by atoms with Gasteiger partial charge in [-0.1, -0.05) is 18.2 Å². The van der Waals surface area contributed by atoms with Crippen molar-refractivity contribution in [2.45, 2.75) is 6.04 Å². The van der Waals surface area contributed by atoms with Crippen molar-refractivity contribution in [3.05, 3.63) is 65.0 Å². The minimum absolute atomic E-state index is 0.0689. The number of benzene rings is 2. The molecule has 4 N–H and O–H groups in total. The molecule has 0 aliphatic rings. The number of nitriles is 1. The van der Waals surface area contributed by atoms with Crippen LogP contribution in [0.4, 0.5) is 10.1 Å². The van der Waals surface area contributed by atoms with Crippen LogP contribution in [0, 0.1) is 17.1 Å². The first-order valence-corrected chi connectivity index (χ1v) is 5.42. The van der Waals surface area contributed by atoms with Crippen molar-refractivity contribution in [3.8, 4) is 6.07 Å². The standard InChI is InChI=1S/C14H12FN3/c15-12-5-4-11(7-13(12)17)14(18)10-3-1-2-9(6-10)8-16/h1-7,14H,17-18H2/t14-/m1/s1. The Morgan fingerprint density at radius 1 is 1.11 bits per heavy atom. The van der Waals surface area contributed by atoms with Gasteiger partial charge in [-0.15, -0.1) is 0 Å². The molecule has 0 amide bonds. The van der Waals surface area contributed by atoms with E-state index in [0.717, 1.165) is 5.56 Å². The average molecular weight is 241 g/mol. The molecule has 2 aromatic rings. The number of hydrogen-bond acceptors (Lipinski definition) is 3. The molecule has 0 aromatic heterocycles. The third-order valence-corrected chi connectivity index (χ3v) is 2.75. The molecule has 2 rings (SSSR count). The second-order valence-corrected chi connectivity index (χ2v) is 4.00. The quantitative estimate of drug-likeness (QED) is 0.792. The first-order chi connectivity index (χ1) is 8.61. The van der Waals surface area contributed by atoms with E-state index in [1.54, 1.807) is 24.3 Å². The van der Waals surface area contributed by atoms with Gasteiger partial charge in [-0.05, 0) is 35.4 Å². The van der Waals surface area contributed by atoms with Crippen molar-refractivity contribution >= 4 is 5.69 Å². The van der Waals surface area contributed by atoms with Crippen molar-refractivity contribution in [3.63, 3.8) is 0 Å². The zero-order valence-electron chi connectivity index (χ0n) is 9.60. The Labute approximate surface area is 104 Å². The van der Waals surface area contributed by atoms with Crippen LogP contribution in [0.2, 0.25) is 0 Å². The number of anilines is 1. The smallest absolute Gasteiger partial charge is 0.146 e. The molecule has 0 fully saturated rings. The molecule has 0 aliphatic carbocycles.